The average molecular weight is 298 g/mol. The molecule has 0 aromatic heterocycles. The third kappa shape index (κ3) is 3.26. The molecule has 0 spiro atoms. The second-order valence-corrected chi connectivity index (χ2v) is 6.24. The third-order valence-electron chi connectivity index (χ3n) is 4.80. The van der Waals surface area contributed by atoms with Crippen molar-refractivity contribution in [2.45, 2.75) is 19.4 Å². The Morgan fingerprint density at radius 1 is 1.14 bits per heavy atom. The Balaban J connectivity index is 1.79. The van der Waals surface area contributed by atoms with Gasteiger partial charge in [0.05, 0.1) is 7.11 Å². The predicted molar refractivity (Wildman–Crippen MR) is 92.4 cm³/mol. The number of fused-ring (bicyclic) bond motifs is 1. The highest BCUT2D eigenvalue weighted by Crippen LogP contribution is 2.30. The fourth-order valence-corrected chi connectivity index (χ4v) is 3.53. The lowest BCUT2D eigenvalue weighted by Crippen LogP contribution is -2.36. The maximum absolute atomic E-state index is 5.62. The molecule has 1 fully saturated rings. The molecule has 1 heterocycles. The number of piperidine rings is 1. The van der Waals surface area contributed by atoms with E-state index in [0.717, 1.165) is 24.8 Å². The Labute approximate surface area is 133 Å². The zero-order chi connectivity index (χ0) is 15.4. The van der Waals surface area contributed by atoms with Crippen LogP contribution in [0.2, 0.25) is 0 Å². The Bertz CT molecular complexity index is 618. The molecule has 0 amide bonds. The van der Waals surface area contributed by atoms with Crippen LogP contribution in [-0.2, 0) is 6.54 Å². The van der Waals surface area contributed by atoms with Crippen LogP contribution in [0.4, 0.5) is 0 Å². The van der Waals surface area contributed by atoms with E-state index in [1.807, 2.05) is 7.05 Å². The molecule has 0 bridgehead atoms. The lowest BCUT2D eigenvalue weighted by molar-refractivity contribution is 0.176. The number of rotatable bonds is 5. The maximum Gasteiger partial charge on any atom is 0.123 e. The minimum atomic E-state index is 0.829. The zero-order valence-corrected chi connectivity index (χ0v) is 13.6. The van der Waals surface area contributed by atoms with Crippen molar-refractivity contribution < 1.29 is 4.74 Å². The van der Waals surface area contributed by atoms with Gasteiger partial charge < -0.3 is 10.1 Å². The fraction of sp³-hybridized carbons (Fsp3) is 0.474. The lowest BCUT2D eigenvalue weighted by atomic mass is 9.95. The van der Waals surface area contributed by atoms with Gasteiger partial charge in [0.2, 0.25) is 0 Å². The van der Waals surface area contributed by atoms with Gasteiger partial charge in [-0.1, -0.05) is 30.3 Å². The molecule has 2 aromatic rings. The first-order valence-electron chi connectivity index (χ1n) is 8.23. The minimum Gasteiger partial charge on any atom is -0.496 e. The normalized spacial score (nSPS) is 17.0. The second kappa shape index (κ2) is 7.12. The van der Waals surface area contributed by atoms with Gasteiger partial charge in [-0.05, 0) is 62.3 Å². The molecule has 1 N–H and O–H groups in total. The first kappa shape index (κ1) is 15.3. The summed E-state index contributed by atoms with van der Waals surface area (Å²) in [5, 5.41) is 5.92. The molecule has 3 rings (SSSR count). The molecular weight excluding hydrogens is 272 g/mol. The van der Waals surface area contributed by atoms with E-state index in [9.17, 15) is 0 Å². The molecular formula is C19H26N2O. The van der Waals surface area contributed by atoms with Crippen LogP contribution in [0, 0.1) is 5.92 Å². The topological polar surface area (TPSA) is 24.5 Å². The summed E-state index contributed by atoms with van der Waals surface area (Å²) in [5.41, 5.74) is 1.33. The molecule has 118 valence electrons. The van der Waals surface area contributed by atoms with E-state index in [4.69, 9.17) is 4.74 Å². The van der Waals surface area contributed by atoms with Gasteiger partial charge in [-0.15, -0.1) is 0 Å². The Morgan fingerprint density at radius 2 is 1.91 bits per heavy atom. The van der Waals surface area contributed by atoms with Crippen LogP contribution in [0.3, 0.4) is 0 Å². The van der Waals surface area contributed by atoms with E-state index in [0.29, 0.717) is 0 Å². The van der Waals surface area contributed by atoms with Gasteiger partial charge in [0.15, 0.2) is 0 Å². The van der Waals surface area contributed by atoms with Gasteiger partial charge >= 0.3 is 0 Å². The number of ether oxygens (including phenoxy) is 1. The summed E-state index contributed by atoms with van der Waals surface area (Å²) in [7, 11) is 3.82. The number of methoxy groups -OCH3 is 1. The molecule has 1 saturated heterocycles. The van der Waals surface area contributed by atoms with Gasteiger partial charge in [0, 0.05) is 12.1 Å². The minimum absolute atomic E-state index is 0.829. The molecule has 0 unspecified atom stereocenters. The molecule has 22 heavy (non-hydrogen) atoms. The molecule has 0 aliphatic carbocycles. The number of hydrogen-bond donors (Lipinski definition) is 1. The molecule has 1 aliphatic rings. The van der Waals surface area contributed by atoms with Crippen molar-refractivity contribution >= 4 is 10.8 Å². The smallest absolute Gasteiger partial charge is 0.123 e. The van der Waals surface area contributed by atoms with E-state index < -0.39 is 0 Å². The zero-order valence-electron chi connectivity index (χ0n) is 13.6. The van der Waals surface area contributed by atoms with Crippen LogP contribution in [0.15, 0.2) is 36.4 Å². The number of benzene rings is 2. The van der Waals surface area contributed by atoms with Crippen LogP contribution < -0.4 is 10.1 Å². The Morgan fingerprint density at radius 3 is 2.64 bits per heavy atom. The monoisotopic (exact) mass is 298 g/mol. The highest BCUT2D eigenvalue weighted by Gasteiger charge is 2.20. The van der Waals surface area contributed by atoms with Crippen molar-refractivity contribution in [2.24, 2.45) is 5.92 Å². The van der Waals surface area contributed by atoms with Crippen molar-refractivity contribution in [2.75, 3.05) is 33.8 Å². The van der Waals surface area contributed by atoms with Gasteiger partial charge in [-0.2, -0.15) is 0 Å². The highest BCUT2D eigenvalue weighted by molar-refractivity contribution is 5.87. The summed E-state index contributed by atoms with van der Waals surface area (Å²) in [6.45, 7) is 4.49. The maximum atomic E-state index is 5.62. The summed E-state index contributed by atoms with van der Waals surface area (Å²) >= 11 is 0. The standard InChI is InChI=1S/C19H26N2O/c1-20-13-15-9-11-21(12-10-15)14-18-17-6-4-3-5-16(17)7-8-19(18)22-2/h3-8,15,20H,9-14H2,1-2H3. The Hall–Kier alpha value is -1.58. The molecule has 2 aromatic carbocycles. The highest BCUT2D eigenvalue weighted by atomic mass is 16.5. The number of nitrogens with zero attached hydrogens (tertiary/aromatic N) is 1. The molecule has 0 saturated carbocycles. The van der Waals surface area contributed by atoms with Crippen molar-refractivity contribution in [1.82, 2.24) is 10.2 Å². The molecule has 3 nitrogen and oxygen atoms in total. The van der Waals surface area contributed by atoms with E-state index in [2.05, 4.69) is 46.6 Å². The number of nitrogens with one attached hydrogen (secondary N) is 1. The van der Waals surface area contributed by atoms with E-state index in [1.54, 1.807) is 7.11 Å². The molecule has 1 aliphatic heterocycles. The predicted octanol–water partition coefficient (Wildman–Crippen LogP) is 3.28. The van der Waals surface area contributed by atoms with Crippen LogP contribution in [0.1, 0.15) is 18.4 Å². The van der Waals surface area contributed by atoms with Crippen LogP contribution >= 0.6 is 0 Å². The van der Waals surface area contributed by atoms with Crippen LogP contribution in [0.25, 0.3) is 10.8 Å². The van der Waals surface area contributed by atoms with E-state index in [-0.39, 0.29) is 0 Å². The molecule has 3 heteroatoms. The first-order chi connectivity index (χ1) is 10.8. The second-order valence-electron chi connectivity index (χ2n) is 6.24. The fourth-order valence-electron chi connectivity index (χ4n) is 3.53. The van der Waals surface area contributed by atoms with E-state index in [1.165, 1.54) is 42.3 Å². The SMILES string of the molecule is CNCC1CCN(Cc2c(OC)ccc3ccccc23)CC1. The summed E-state index contributed by atoms with van der Waals surface area (Å²) in [5.74, 6) is 1.84. The Kier molecular flexibility index (Phi) is 4.96. The number of hydrogen-bond acceptors (Lipinski definition) is 3. The molecule has 0 radical (unpaired) electrons. The summed E-state index contributed by atoms with van der Waals surface area (Å²) in [6, 6.07) is 12.9. The molecule has 0 atom stereocenters. The van der Waals surface area contributed by atoms with Crippen molar-refractivity contribution in [3.63, 3.8) is 0 Å². The number of likely N-dealkylation sites (tertiary alicyclic amines) is 1. The van der Waals surface area contributed by atoms with Gasteiger partial charge in [0.1, 0.15) is 5.75 Å². The van der Waals surface area contributed by atoms with Gasteiger partial charge in [0.25, 0.3) is 0 Å². The summed E-state index contributed by atoms with van der Waals surface area (Å²) < 4.78 is 5.62. The van der Waals surface area contributed by atoms with Gasteiger partial charge in [-0.3, -0.25) is 4.90 Å². The third-order valence-corrected chi connectivity index (χ3v) is 4.80. The quantitative estimate of drug-likeness (QED) is 0.917. The van der Waals surface area contributed by atoms with Crippen molar-refractivity contribution in [1.29, 1.82) is 0 Å². The van der Waals surface area contributed by atoms with Crippen LogP contribution in [-0.4, -0.2) is 38.7 Å². The van der Waals surface area contributed by atoms with Crippen LogP contribution in [0.5, 0.6) is 5.75 Å². The van der Waals surface area contributed by atoms with Gasteiger partial charge in [-0.25, -0.2) is 0 Å². The first-order valence-corrected chi connectivity index (χ1v) is 8.23. The van der Waals surface area contributed by atoms with Crippen molar-refractivity contribution in [3.05, 3.63) is 42.0 Å². The largest absolute Gasteiger partial charge is 0.496 e. The lowest BCUT2D eigenvalue weighted by Gasteiger charge is -2.32. The van der Waals surface area contributed by atoms with E-state index >= 15 is 0 Å². The van der Waals surface area contributed by atoms with Crippen molar-refractivity contribution in [3.8, 4) is 5.75 Å². The average Bonchev–Trinajstić information content (AvgIpc) is 2.57. The summed E-state index contributed by atoms with van der Waals surface area (Å²) in [6.07, 6.45) is 2.57. The summed E-state index contributed by atoms with van der Waals surface area (Å²) in [4.78, 5) is 2.57.